The van der Waals surface area contributed by atoms with Crippen molar-refractivity contribution in [1.29, 1.82) is 0 Å². The van der Waals surface area contributed by atoms with Gasteiger partial charge in [-0.3, -0.25) is 0 Å². The van der Waals surface area contributed by atoms with Crippen LogP contribution < -0.4 is 10.1 Å². The largest absolute Gasteiger partial charge is 0.491 e. The van der Waals surface area contributed by atoms with Gasteiger partial charge in [0, 0.05) is 30.4 Å². The Balaban J connectivity index is 1.70. The summed E-state index contributed by atoms with van der Waals surface area (Å²) in [5.74, 6) is 1.67. The summed E-state index contributed by atoms with van der Waals surface area (Å²) in [5.41, 5.74) is 4.71. The van der Waals surface area contributed by atoms with E-state index in [9.17, 15) is 9.90 Å². The monoisotopic (exact) mass is 571 g/mol. The minimum atomic E-state index is -0.651. The molecule has 3 aromatic rings. The lowest BCUT2D eigenvalue weighted by Gasteiger charge is -2.24. The van der Waals surface area contributed by atoms with E-state index in [1.54, 1.807) is 25.2 Å². The fourth-order valence-electron chi connectivity index (χ4n) is 5.13. The summed E-state index contributed by atoms with van der Waals surface area (Å²) in [7, 11) is 1.77. The van der Waals surface area contributed by atoms with Crippen LogP contribution in [0.15, 0.2) is 22.7 Å². The van der Waals surface area contributed by atoms with Crippen molar-refractivity contribution in [1.82, 2.24) is 25.3 Å². The molecule has 1 saturated heterocycles. The van der Waals surface area contributed by atoms with Gasteiger partial charge in [0.25, 0.3) is 0 Å². The van der Waals surface area contributed by atoms with Gasteiger partial charge in [-0.15, -0.1) is 0 Å². The standard InChI is InChI=1S/C29H38ClN5O5/c1-6-38-29(37)35-13-7-8-20(35)9-12-25-17(2)27(26-18(3)34-40-19(26)4)33-28(32-25)23-14-22(10-11-24(23)30)39-16-21(36)15-31-5/h10-11,14,20-21,31,36H,6-9,12-13,15-16H2,1-5H3/t20-,21-/m1/s1. The second-order valence-corrected chi connectivity index (χ2v) is 10.5. The van der Waals surface area contributed by atoms with Crippen LogP contribution in [0.2, 0.25) is 5.02 Å². The summed E-state index contributed by atoms with van der Waals surface area (Å²) in [6.07, 6.45) is 2.36. The molecule has 2 atom stereocenters. The third-order valence-electron chi connectivity index (χ3n) is 7.17. The van der Waals surface area contributed by atoms with Gasteiger partial charge in [0.05, 0.1) is 28.6 Å². The first-order valence-corrected chi connectivity index (χ1v) is 14.1. The van der Waals surface area contributed by atoms with Gasteiger partial charge in [-0.1, -0.05) is 16.8 Å². The highest BCUT2D eigenvalue weighted by Gasteiger charge is 2.30. The maximum Gasteiger partial charge on any atom is 0.409 e. The Morgan fingerprint density at radius 2 is 2.10 bits per heavy atom. The smallest absolute Gasteiger partial charge is 0.409 e. The highest BCUT2D eigenvalue weighted by molar-refractivity contribution is 6.33. The summed E-state index contributed by atoms with van der Waals surface area (Å²) in [6.45, 7) is 9.18. The average Bonchev–Trinajstić information content (AvgIpc) is 3.54. The van der Waals surface area contributed by atoms with Gasteiger partial charge in [-0.25, -0.2) is 14.8 Å². The van der Waals surface area contributed by atoms with E-state index in [1.165, 1.54) is 0 Å². The fourth-order valence-corrected chi connectivity index (χ4v) is 5.33. The number of benzene rings is 1. The van der Waals surface area contributed by atoms with Gasteiger partial charge in [0.1, 0.15) is 24.2 Å². The van der Waals surface area contributed by atoms with E-state index in [-0.39, 0.29) is 18.7 Å². The van der Waals surface area contributed by atoms with Gasteiger partial charge >= 0.3 is 6.09 Å². The summed E-state index contributed by atoms with van der Waals surface area (Å²) >= 11 is 6.66. The highest BCUT2D eigenvalue weighted by Crippen LogP contribution is 2.35. The Labute approximate surface area is 240 Å². The van der Waals surface area contributed by atoms with Gasteiger partial charge in [0.15, 0.2) is 5.82 Å². The lowest BCUT2D eigenvalue weighted by Crippen LogP contribution is -2.36. The fraction of sp³-hybridized carbons (Fsp3) is 0.517. The maximum atomic E-state index is 12.5. The van der Waals surface area contributed by atoms with Gasteiger partial charge < -0.3 is 29.3 Å². The first kappa shape index (κ1) is 29.8. The molecule has 1 aromatic carbocycles. The van der Waals surface area contributed by atoms with E-state index >= 15 is 0 Å². The minimum Gasteiger partial charge on any atom is -0.491 e. The number of nitrogens with one attached hydrogen (secondary N) is 1. The summed E-state index contributed by atoms with van der Waals surface area (Å²) in [5, 5.41) is 17.6. The molecule has 1 aliphatic heterocycles. The van der Waals surface area contributed by atoms with Crippen molar-refractivity contribution >= 4 is 17.7 Å². The van der Waals surface area contributed by atoms with E-state index in [1.807, 2.05) is 32.6 Å². The van der Waals surface area contributed by atoms with Crippen LogP contribution in [0, 0.1) is 20.8 Å². The Bertz CT molecular complexity index is 1310. The predicted molar refractivity (Wildman–Crippen MR) is 153 cm³/mol. The zero-order valence-corrected chi connectivity index (χ0v) is 24.5. The van der Waals surface area contributed by atoms with Crippen LogP contribution in [0.25, 0.3) is 22.6 Å². The number of ether oxygens (including phenoxy) is 2. The number of nitrogens with zero attached hydrogens (tertiary/aromatic N) is 4. The van der Waals surface area contributed by atoms with Gasteiger partial charge in [0.2, 0.25) is 0 Å². The molecule has 1 amide bonds. The molecule has 0 unspecified atom stereocenters. The number of aromatic nitrogens is 3. The number of aliphatic hydroxyl groups excluding tert-OH is 1. The van der Waals surface area contributed by atoms with E-state index in [4.69, 9.17) is 35.6 Å². The number of hydrogen-bond acceptors (Lipinski definition) is 9. The lowest BCUT2D eigenvalue weighted by molar-refractivity contribution is 0.101. The molecule has 0 bridgehead atoms. The van der Waals surface area contributed by atoms with Crippen molar-refractivity contribution in [3.05, 3.63) is 45.9 Å². The molecular formula is C29H38ClN5O5. The quantitative estimate of drug-likeness (QED) is 0.331. The van der Waals surface area contributed by atoms with Crippen LogP contribution in [-0.4, -0.2) is 76.7 Å². The Morgan fingerprint density at radius 1 is 1.30 bits per heavy atom. The molecule has 40 heavy (non-hydrogen) atoms. The van der Waals surface area contributed by atoms with Crippen LogP contribution >= 0.6 is 11.6 Å². The number of aryl methyl sites for hydroxylation is 3. The zero-order valence-electron chi connectivity index (χ0n) is 23.8. The van der Waals surface area contributed by atoms with E-state index < -0.39 is 6.10 Å². The third kappa shape index (κ3) is 6.74. The van der Waals surface area contributed by atoms with E-state index in [0.29, 0.717) is 54.0 Å². The van der Waals surface area contributed by atoms with Crippen molar-refractivity contribution in [2.75, 3.05) is 33.4 Å². The zero-order chi connectivity index (χ0) is 28.8. The summed E-state index contributed by atoms with van der Waals surface area (Å²) in [4.78, 5) is 24.2. The van der Waals surface area contributed by atoms with Crippen LogP contribution in [0.4, 0.5) is 4.79 Å². The van der Waals surface area contributed by atoms with Crippen molar-refractivity contribution in [2.24, 2.45) is 0 Å². The number of aliphatic hydroxyl groups is 1. The van der Waals surface area contributed by atoms with Crippen molar-refractivity contribution < 1.29 is 23.9 Å². The molecule has 4 rings (SSSR count). The van der Waals surface area contributed by atoms with E-state index in [2.05, 4.69) is 10.5 Å². The number of amides is 1. The second-order valence-electron chi connectivity index (χ2n) is 10.1. The molecule has 1 fully saturated rings. The number of carbonyl (C=O) groups is 1. The lowest BCUT2D eigenvalue weighted by atomic mass is 9.99. The van der Waals surface area contributed by atoms with Crippen LogP contribution in [0.3, 0.4) is 0 Å². The molecule has 216 valence electrons. The normalized spacial score (nSPS) is 15.9. The molecule has 0 radical (unpaired) electrons. The Morgan fingerprint density at radius 3 is 2.80 bits per heavy atom. The number of likely N-dealkylation sites (tertiary alicyclic amines) is 1. The number of carbonyl (C=O) groups excluding carboxylic acids is 1. The molecular weight excluding hydrogens is 534 g/mol. The predicted octanol–water partition coefficient (Wildman–Crippen LogP) is 4.89. The summed E-state index contributed by atoms with van der Waals surface area (Å²) < 4.78 is 16.6. The van der Waals surface area contributed by atoms with Crippen molar-refractivity contribution in [2.45, 2.75) is 65.5 Å². The number of hydrogen-bond donors (Lipinski definition) is 2. The molecule has 3 heterocycles. The first-order valence-electron chi connectivity index (χ1n) is 13.7. The van der Waals surface area contributed by atoms with Crippen LogP contribution in [0.5, 0.6) is 5.75 Å². The molecule has 2 N–H and O–H groups in total. The highest BCUT2D eigenvalue weighted by atomic mass is 35.5. The Kier molecular flexibility index (Phi) is 9.99. The van der Waals surface area contributed by atoms with Crippen molar-refractivity contribution in [3.8, 4) is 28.4 Å². The molecule has 11 heteroatoms. The molecule has 2 aromatic heterocycles. The first-order chi connectivity index (χ1) is 19.2. The third-order valence-corrected chi connectivity index (χ3v) is 7.50. The van der Waals surface area contributed by atoms with Crippen molar-refractivity contribution in [3.63, 3.8) is 0 Å². The van der Waals surface area contributed by atoms with E-state index in [0.717, 1.165) is 47.5 Å². The Hall–Kier alpha value is -3.21. The number of rotatable bonds is 11. The topological polar surface area (TPSA) is 123 Å². The van der Waals surface area contributed by atoms with Crippen LogP contribution in [0.1, 0.15) is 48.9 Å². The number of halogens is 1. The molecule has 0 aliphatic carbocycles. The molecule has 1 aliphatic rings. The summed E-state index contributed by atoms with van der Waals surface area (Å²) in [6, 6.07) is 5.38. The number of likely N-dealkylation sites (N-methyl/N-ethyl adjacent to an activating group) is 1. The SMILES string of the molecule is CCOC(=O)N1CCC[C@@H]1CCc1nc(-c2cc(OC[C@H](O)CNC)ccc2Cl)nc(-c2c(C)noc2C)c1C. The average molecular weight is 572 g/mol. The minimum absolute atomic E-state index is 0.0868. The molecule has 0 spiro atoms. The van der Waals surface area contributed by atoms with Crippen LogP contribution in [-0.2, 0) is 11.2 Å². The van der Waals surface area contributed by atoms with Gasteiger partial charge in [-0.05, 0) is 84.2 Å². The second kappa shape index (κ2) is 13.4. The van der Waals surface area contributed by atoms with Gasteiger partial charge in [-0.2, -0.15) is 0 Å². The molecule has 0 saturated carbocycles. The molecule has 10 nitrogen and oxygen atoms in total. The maximum absolute atomic E-state index is 12.5.